The summed E-state index contributed by atoms with van der Waals surface area (Å²) in [4.78, 5) is 2.54. The van der Waals surface area contributed by atoms with Gasteiger partial charge in [0.05, 0.1) is 11.5 Å². The van der Waals surface area contributed by atoms with Gasteiger partial charge in [0.15, 0.2) is 0 Å². The molecule has 2 nitrogen and oxygen atoms in total. The van der Waals surface area contributed by atoms with Gasteiger partial charge >= 0.3 is 0 Å². The number of hydrogen-bond donors (Lipinski definition) is 0. The third kappa shape index (κ3) is 3.50. The van der Waals surface area contributed by atoms with E-state index in [2.05, 4.69) is 31.7 Å². The summed E-state index contributed by atoms with van der Waals surface area (Å²) in [5.41, 5.74) is -0.0512. The molecule has 0 aromatic rings. The van der Waals surface area contributed by atoms with Crippen molar-refractivity contribution < 1.29 is 0 Å². The molecular weight excluding hydrogens is 184 g/mol. The summed E-state index contributed by atoms with van der Waals surface area (Å²) in [6.07, 6.45) is 4.65. The summed E-state index contributed by atoms with van der Waals surface area (Å²) in [6.45, 7) is 10.1. The highest BCUT2D eigenvalue weighted by atomic mass is 15.1. The van der Waals surface area contributed by atoms with Gasteiger partial charge in [-0.2, -0.15) is 5.26 Å². The van der Waals surface area contributed by atoms with E-state index >= 15 is 0 Å². The Bertz CT molecular complexity index is 217. The van der Waals surface area contributed by atoms with E-state index in [0.717, 1.165) is 31.8 Å². The maximum atomic E-state index is 9.04. The standard InChI is InChI=1S/C13H24N2/c1-4-12(5-2)10-15-8-6-13(3,11-14)7-9-15/h12H,4-10H2,1-3H3. The molecule has 0 radical (unpaired) electrons. The van der Waals surface area contributed by atoms with Crippen LogP contribution in [0.4, 0.5) is 0 Å². The van der Waals surface area contributed by atoms with Crippen molar-refractivity contribution in [1.82, 2.24) is 4.90 Å². The summed E-state index contributed by atoms with van der Waals surface area (Å²) in [5.74, 6) is 0.844. The fraction of sp³-hybridized carbons (Fsp3) is 0.923. The molecule has 0 bridgehead atoms. The average Bonchev–Trinajstić information content (AvgIpc) is 2.28. The lowest BCUT2D eigenvalue weighted by Gasteiger charge is -2.36. The van der Waals surface area contributed by atoms with Gasteiger partial charge in [-0.1, -0.05) is 26.7 Å². The van der Waals surface area contributed by atoms with Crippen LogP contribution in [-0.4, -0.2) is 24.5 Å². The van der Waals surface area contributed by atoms with Gasteiger partial charge in [-0.05, 0) is 38.8 Å². The first kappa shape index (κ1) is 12.5. The Labute approximate surface area is 94.3 Å². The molecule has 0 atom stereocenters. The average molecular weight is 208 g/mol. The van der Waals surface area contributed by atoms with Crippen LogP contribution >= 0.6 is 0 Å². The van der Waals surface area contributed by atoms with Gasteiger partial charge in [-0.3, -0.25) is 0 Å². The number of nitrogens with zero attached hydrogens (tertiary/aromatic N) is 2. The molecule has 1 aliphatic heterocycles. The van der Waals surface area contributed by atoms with Gasteiger partial charge in [-0.25, -0.2) is 0 Å². The number of nitriles is 1. The van der Waals surface area contributed by atoms with Crippen molar-refractivity contribution in [3.05, 3.63) is 0 Å². The van der Waals surface area contributed by atoms with E-state index in [-0.39, 0.29) is 5.41 Å². The second-order valence-electron chi connectivity index (χ2n) is 5.16. The normalized spacial score (nSPS) is 21.5. The monoisotopic (exact) mass is 208 g/mol. The molecule has 1 aliphatic rings. The van der Waals surface area contributed by atoms with Crippen molar-refractivity contribution in [3.63, 3.8) is 0 Å². The SMILES string of the molecule is CCC(CC)CN1CCC(C)(C#N)CC1. The minimum Gasteiger partial charge on any atom is -0.303 e. The number of piperidine rings is 1. The van der Waals surface area contributed by atoms with E-state index in [1.165, 1.54) is 19.4 Å². The second kappa shape index (κ2) is 5.51. The Morgan fingerprint density at radius 3 is 2.20 bits per heavy atom. The lowest BCUT2D eigenvalue weighted by Crippen LogP contribution is -2.40. The molecule has 0 aliphatic carbocycles. The highest BCUT2D eigenvalue weighted by Crippen LogP contribution is 2.30. The lowest BCUT2D eigenvalue weighted by atomic mass is 9.82. The predicted molar refractivity (Wildman–Crippen MR) is 63.5 cm³/mol. The van der Waals surface area contributed by atoms with Crippen LogP contribution in [0, 0.1) is 22.7 Å². The number of rotatable bonds is 4. The molecule has 0 aromatic heterocycles. The Morgan fingerprint density at radius 2 is 1.80 bits per heavy atom. The van der Waals surface area contributed by atoms with E-state index < -0.39 is 0 Å². The van der Waals surface area contributed by atoms with E-state index in [0.29, 0.717) is 0 Å². The van der Waals surface area contributed by atoms with Crippen molar-refractivity contribution in [2.45, 2.75) is 46.5 Å². The minimum absolute atomic E-state index is 0.0512. The molecule has 0 spiro atoms. The molecule has 86 valence electrons. The van der Waals surface area contributed by atoms with Crippen LogP contribution in [0.1, 0.15) is 46.5 Å². The number of hydrogen-bond acceptors (Lipinski definition) is 2. The van der Waals surface area contributed by atoms with Gasteiger partial charge in [0.25, 0.3) is 0 Å². The highest BCUT2D eigenvalue weighted by Gasteiger charge is 2.30. The van der Waals surface area contributed by atoms with Crippen molar-refractivity contribution in [3.8, 4) is 6.07 Å². The van der Waals surface area contributed by atoms with Crippen molar-refractivity contribution in [1.29, 1.82) is 5.26 Å². The molecule has 0 aromatic carbocycles. The minimum atomic E-state index is -0.0512. The van der Waals surface area contributed by atoms with E-state index in [1.807, 2.05) is 0 Å². The summed E-state index contributed by atoms with van der Waals surface area (Å²) in [5, 5.41) is 9.04. The van der Waals surface area contributed by atoms with Gasteiger partial charge in [0.1, 0.15) is 0 Å². The molecular formula is C13H24N2. The second-order valence-corrected chi connectivity index (χ2v) is 5.16. The summed E-state index contributed by atoms with van der Waals surface area (Å²) < 4.78 is 0. The van der Waals surface area contributed by atoms with Gasteiger partial charge < -0.3 is 4.90 Å². The molecule has 1 rings (SSSR count). The van der Waals surface area contributed by atoms with Crippen molar-refractivity contribution >= 4 is 0 Å². The van der Waals surface area contributed by atoms with Gasteiger partial charge in [0, 0.05) is 6.54 Å². The first-order chi connectivity index (χ1) is 7.13. The summed E-state index contributed by atoms with van der Waals surface area (Å²) in [6, 6.07) is 2.46. The van der Waals surface area contributed by atoms with E-state index in [4.69, 9.17) is 5.26 Å². The third-order valence-electron chi connectivity index (χ3n) is 3.90. The van der Waals surface area contributed by atoms with Crippen LogP contribution in [0.2, 0.25) is 0 Å². The number of likely N-dealkylation sites (tertiary alicyclic amines) is 1. The van der Waals surface area contributed by atoms with Crippen LogP contribution in [-0.2, 0) is 0 Å². The van der Waals surface area contributed by atoms with Gasteiger partial charge in [-0.15, -0.1) is 0 Å². The maximum absolute atomic E-state index is 9.04. The Balaban J connectivity index is 2.35. The molecule has 2 heteroatoms. The molecule has 0 saturated carbocycles. The molecule has 0 unspecified atom stereocenters. The van der Waals surface area contributed by atoms with Crippen LogP contribution in [0.3, 0.4) is 0 Å². The molecule has 15 heavy (non-hydrogen) atoms. The topological polar surface area (TPSA) is 27.0 Å². The third-order valence-corrected chi connectivity index (χ3v) is 3.90. The Hall–Kier alpha value is -0.550. The Kier molecular flexibility index (Phi) is 4.60. The summed E-state index contributed by atoms with van der Waals surface area (Å²) in [7, 11) is 0. The first-order valence-electron chi connectivity index (χ1n) is 6.27. The zero-order chi connectivity index (χ0) is 11.3. The van der Waals surface area contributed by atoms with E-state index in [1.54, 1.807) is 0 Å². The maximum Gasteiger partial charge on any atom is 0.0687 e. The fourth-order valence-electron chi connectivity index (χ4n) is 2.25. The highest BCUT2D eigenvalue weighted by molar-refractivity contribution is 4.98. The first-order valence-corrected chi connectivity index (χ1v) is 6.27. The van der Waals surface area contributed by atoms with Crippen molar-refractivity contribution in [2.75, 3.05) is 19.6 Å². The molecule has 0 N–H and O–H groups in total. The van der Waals surface area contributed by atoms with Crippen LogP contribution in [0.5, 0.6) is 0 Å². The Morgan fingerprint density at radius 1 is 1.27 bits per heavy atom. The molecule has 1 heterocycles. The summed E-state index contributed by atoms with van der Waals surface area (Å²) >= 11 is 0. The zero-order valence-corrected chi connectivity index (χ0v) is 10.4. The van der Waals surface area contributed by atoms with E-state index in [9.17, 15) is 0 Å². The quantitative estimate of drug-likeness (QED) is 0.710. The molecule has 1 fully saturated rings. The lowest BCUT2D eigenvalue weighted by molar-refractivity contribution is 0.135. The van der Waals surface area contributed by atoms with Crippen LogP contribution < -0.4 is 0 Å². The largest absolute Gasteiger partial charge is 0.303 e. The fourth-order valence-corrected chi connectivity index (χ4v) is 2.25. The van der Waals surface area contributed by atoms with Crippen LogP contribution in [0.15, 0.2) is 0 Å². The van der Waals surface area contributed by atoms with Crippen molar-refractivity contribution in [2.24, 2.45) is 11.3 Å². The smallest absolute Gasteiger partial charge is 0.0687 e. The molecule has 0 amide bonds. The van der Waals surface area contributed by atoms with Gasteiger partial charge in [0.2, 0.25) is 0 Å². The molecule has 1 saturated heterocycles. The zero-order valence-electron chi connectivity index (χ0n) is 10.4. The van der Waals surface area contributed by atoms with Crippen LogP contribution in [0.25, 0.3) is 0 Å². The predicted octanol–water partition coefficient (Wildman–Crippen LogP) is 3.05.